The zero-order valence-corrected chi connectivity index (χ0v) is 11.0. The minimum absolute atomic E-state index is 0.118. The van der Waals surface area contributed by atoms with Crippen LogP contribution in [0.15, 0.2) is 0 Å². The van der Waals surface area contributed by atoms with E-state index in [1.54, 1.807) is 14.0 Å². The number of amides is 2. The van der Waals surface area contributed by atoms with E-state index in [-0.39, 0.29) is 18.4 Å². The molecule has 0 aromatic heterocycles. The zero-order chi connectivity index (χ0) is 13.9. The van der Waals surface area contributed by atoms with Gasteiger partial charge in [0.05, 0.1) is 5.92 Å². The molecule has 1 saturated carbocycles. The molecule has 1 fully saturated rings. The predicted molar refractivity (Wildman–Crippen MR) is 64.8 cm³/mol. The summed E-state index contributed by atoms with van der Waals surface area (Å²) in [5.74, 6) is -2.13. The van der Waals surface area contributed by atoms with Gasteiger partial charge in [0.25, 0.3) is 0 Å². The van der Waals surface area contributed by atoms with Gasteiger partial charge in [0, 0.05) is 20.6 Å². The van der Waals surface area contributed by atoms with Gasteiger partial charge < -0.3 is 15.3 Å². The van der Waals surface area contributed by atoms with Crippen LogP contribution in [-0.2, 0) is 14.4 Å². The molecule has 0 heterocycles. The molecule has 0 radical (unpaired) electrons. The van der Waals surface area contributed by atoms with Gasteiger partial charge in [0.1, 0.15) is 5.41 Å². The molecule has 0 spiro atoms. The molecular formula is C12H20N2O4. The summed E-state index contributed by atoms with van der Waals surface area (Å²) in [5.41, 5.74) is -0.971. The van der Waals surface area contributed by atoms with E-state index >= 15 is 0 Å². The number of nitrogens with zero attached hydrogens (tertiary/aromatic N) is 1. The second-order valence-electron chi connectivity index (χ2n) is 4.94. The van der Waals surface area contributed by atoms with E-state index in [0.717, 1.165) is 6.42 Å². The predicted octanol–water partition coefficient (Wildman–Crippen LogP) is 0.0818. The van der Waals surface area contributed by atoms with Crippen LogP contribution in [0, 0.1) is 11.3 Å². The number of rotatable bonds is 5. The molecule has 2 N–H and O–H groups in total. The normalized spacial score (nSPS) is 18.4. The average Bonchev–Trinajstić information content (AvgIpc) is 2.26. The topological polar surface area (TPSA) is 86.7 Å². The van der Waals surface area contributed by atoms with Gasteiger partial charge in [-0.05, 0) is 12.8 Å². The van der Waals surface area contributed by atoms with E-state index in [2.05, 4.69) is 5.32 Å². The highest BCUT2D eigenvalue weighted by molar-refractivity contribution is 6.05. The molecule has 0 aromatic carbocycles. The Balaban J connectivity index is 2.73. The van der Waals surface area contributed by atoms with Crippen molar-refractivity contribution in [3.05, 3.63) is 0 Å². The molecule has 102 valence electrons. The maximum Gasteiger partial charge on any atom is 0.308 e. The van der Waals surface area contributed by atoms with E-state index in [1.807, 2.05) is 0 Å². The van der Waals surface area contributed by atoms with Gasteiger partial charge in [-0.25, -0.2) is 0 Å². The second-order valence-corrected chi connectivity index (χ2v) is 4.94. The highest BCUT2D eigenvalue weighted by Gasteiger charge is 2.51. The first-order chi connectivity index (χ1) is 8.35. The minimum atomic E-state index is -0.971. The van der Waals surface area contributed by atoms with E-state index in [9.17, 15) is 14.4 Å². The molecule has 6 heteroatoms. The third-order valence-electron chi connectivity index (χ3n) is 3.59. The minimum Gasteiger partial charge on any atom is -0.481 e. The van der Waals surface area contributed by atoms with Gasteiger partial charge in [-0.15, -0.1) is 0 Å². The molecule has 6 nitrogen and oxygen atoms in total. The zero-order valence-electron chi connectivity index (χ0n) is 11.0. The number of carbonyl (C=O) groups excluding carboxylic acids is 2. The number of nitrogens with one attached hydrogen (secondary N) is 1. The van der Waals surface area contributed by atoms with Crippen LogP contribution in [0.1, 0.15) is 26.2 Å². The van der Waals surface area contributed by atoms with E-state index in [1.165, 1.54) is 11.9 Å². The van der Waals surface area contributed by atoms with Gasteiger partial charge in [-0.2, -0.15) is 0 Å². The number of carboxylic acid groups (broad SMARTS) is 1. The van der Waals surface area contributed by atoms with Gasteiger partial charge in [-0.1, -0.05) is 13.3 Å². The van der Waals surface area contributed by atoms with Crippen LogP contribution in [0.25, 0.3) is 0 Å². The summed E-state index contributed by atoms with van der Waals surface area (Å²) in [6.45, 7) is 1.66. The quantitative estimate of drug-likeness (QED) is 0.682. The molecule has 0 aliphatic heterocycles. The van der Waals surface area contributed by atoms with Crippen molar-refractivity contribution in [1.82, 2.24) is 10.2 Å². The van der Waals surface area contributed by atoms with Crippen LogP contribution in [0.5, 0.6) is 0 Å². The summed E-state index contributed by atoms with van der Waals surface area (Å²) >= 11 is 0. The van der Waals surface area contributed by atoms with Gasteiger partial charge in [0.15, 0.2) is 0 Å². The second kappa shape index (κ2) is 5.37. The highest BCUT2D eigenvalue weighted by atomic mass is 16.4. The average molecular weight is 256 g/mol. The third-order valence-corrected chi connectivity index (χ3v) is 3.59. The van der Waals surface area contributed by atoms with E-state index in [4.69, 9.17) is 5.11 Å². The first-order valence-corrected chi connectivity index (χ1v) is 6.05. The number of carboxylic acids is 1. The standard InChI is InChI=1S/C12H20N2O4/c1-8(9(15)16)7-14(3)11(18)12(5-4-6-12)10(17)13-2/h8H,4-7H2,1-3H3,(H,13,17)(H,15,16)/t8-/m0/s1. The number of carbonyl (C=O) groups is 3. The Labute approximate surface area is 106 Å². The summed E-state index contributed by atoms with van der Waals surface area (Å²) in [4.78, 5) is 36.2. The van der Waals surface area contributed by atoms with Gasteiger partial charge in [0.2, 0.25) is 11.8 Å². The van der Waals surface area contributed by atoms with Crippen molar-refractivity contribution >= 4 is 17.8 Å². The molecule has 1 aliphatic carbocycles. The molecule has 2 amide bonds. The van der Waals surface area contributed by atoms with Crippen molar-refractivity contribution < 1.29 is 19.5 Å². The fourth-order valence-corrected chi connectivity index (χ4v) is 2.24. The highest BCUT2D eigenvalue weighted by Crippen LogP contribution is 2.42. The summed E-state index contributed by atoms with van der Waals surface area (Å²) in [6, 6.07) is 0. The SMILES string of the molecule is CNC(=O)C1(C(=O)N(C)C[C@H](C)C(=O)O)CCC1. The van der Waals surface area contributed by atoms with Crippen LogP contribution in [0.4, 0.5) is 0 Å². The van der Waals surface area contributed by atoms with E-state index in [0.29, 0.717) is 12.8 Å². The Hall–Kier alpha value is -1.59. The first kappa shape index (κ1) is 14.5. The molecule has 18 heavy (non-hydrogen) atoms. The van der Waals surface area contributed by atoms with Crippen molar-refractivity contribution in [3.8, 4) is 0 Å². The van der Waals surface area contributed by atoms with Crippen LogP contribution in [0.2, 0.25) is 0 Å². The van der Waals surface area contributed by atoms with Crippen LogP contribution in [-0.4, -0.2) is 48.4 Å². The van der Waals surface area contributed by atoms with E-state index < -0.39 is 17.3 Å². The molecular weight excluding hydrogens is 236 g/mol. The molecule has 1 atom stereocenters. The lowest BCUT2D eigenvalue weighted by Crippen LogP contribution is -2.55. The lowest BCUT2D eigenvalue weighted by atomic mass is 9.67. The molecule has 0 unspecified atom stereocenters. The lowest BCUT2D eigenvalue weighted by Gasteiger charge is -2.41. The number of hydrogen-bond donors (Lipinski definition) is 2. The van der Waals surface area contributed by atoms with Crippen molar-refractivity contribution in [2.24, 2.45) is 11.3 Å². The van der Waals surface area contributed by atoms with Gasteiger partial charge in [-0.3, -0.25) is 14.4 Å². The molecule has 0 saturated heterocycles. The summed E-state index contributed by atoms with van der Waals surface area (Å²) in [6.07, 6.45) is 1.93. The monoisotopic (exact) mass is 256 g/mol. The van der Waals surface area contributed by atoms with Gasteiger partial charge >= 0.3 is 5.97 Å². The third kappa shape index (κ3) is 2.47. The molecule has 1 aliphatic rings. The van der Waals surface area contributed by atoms with Crippen LogP contribution in [0.3, 0.4) is 0 Å². The molecule has 0 bridgehead atoms. The Morgan fingerprint density at radius 1 is 1.39 bits per heavy atom. The Kier molecular flexibility index (Phi) is 4.32. The first-order valence-electron chi connectivity index (χ1n) is 6.05. The van der Waals surface area contributed by atoms with Crippen LogP contribution < -0.4 is 5.32 Å². The van der Waals surface area contributed by atoms with Crippen molar-refractivity contribution in [2.45, 2.75) is 26.2 Å². The molecule has 1 rings (SSSR count). The fourth-order valence-electron chi connectivity index (χ4n) is 2.24. The van der Waals surface area contributed by atoms with Crippen LogP contribution >= 0.6 is 0 Å². The summed E-state index contributed by atoms with van der Waals surface area (Å²) in [7, 11) is 3.06. The summed E-state index contributed by atoms with van der Waals surface area (Å²) in [5, 5.41) is 11.3. The Morgan fingerprint density at radius 2 is 1.94 bits per heavy atom. The van der Waals surface area contributed by atoms with Crippen molar-refractivity contribution in [1.29, 1.82) is 0 Å². The largest absolute Gasteiger partial charge is 0.481 e. The number of aliphatic carboxylic acids is 1. The van der Waals surface area contributed by atoms with Crippen molar-refractivity contribution in [2.75, 3.05) is 20.6 Å². The fraction of sp³-hybridized carbons (Fsp3) is 0.750. The molecule has 0 aromatic rings. The Bertz CT molecular complexity index is 363. The Morgan fingerprint density at radius 3 is 2.28 bits per heavy atom. The van der Waals surface area contributed by atoms with Crippen molar-refractivity contribution in [3.63, 3.8) is 0 Å². The maximum atomic E-state index is 12.3. The maximum absolute atomic E-state index is 12.3. The lowest BCUT2D eigenvalue weighted by molar-refractivity contribution is -0.156. The number of hydrogen-bond acceptors (Lipinski definition) is 3. The summed E-state index contributed by atoms with van der Waals surface area (Å²) < 4.78 is 0. The smallest absolute Gasteiger partial charge is 0.308 e.